The summed E-state index contributed by atoms with van der Waals surface area (Å²) in [4.78, 5) is 0. The number of benzene rings is 1. The number of methoxy groups -OCH3 is 1. The quantitative estimate of drug-likeness (QED) is 0.561. The molecule has 4 heteroatoms. The number of hydrogen-bond donors (Lipinski definition) is 0. The van der Waals surface area contributed by atoms with Gasteiger partial charge in [0.15, 0.2) is 17.4 Å². The number of alkyl halides is 1. The van der Waals surface area contributed by atoms with Crippen molar-refractivity contribution in [3.8, 4) is 17.6 Å². The molecule has 0 saturated heterocycles. The molecule has 1 rings (SSSR count). The third-order valence-electron chi connectivity index (χ3n) is 1.65. The second-order valence-corrected chi connectivity index (χ2v) is 3.09. The van der Waals surface area contributed by atoms with Crippen LogP contribution in [0.1, 0.15) is 12.0 Å². The van der Waals surface area contributed by atoms with Crippen LogP contribution < -0.4 is 4.74 Å². The van der Waals surface area contributed by atoms with Crippen LogP contribution in [-0.2, 0) is 0 Å². The van der Waals surface area contributed by atoms with Gasteiger partial charge in [0.25, 0.3) is 0 Å². The summed E-state index contributed by atoms with van der Waals surface area (Å²) in [5, 5.41) is 0. The van der Waals surface area contributed by atoms with Crippen molar-refractivity contribution < 1.29 is 13.5 Å². The van der Waals surface area contributed by atoms with Gasteiger partial charge in [-0.1, -0.05) is 11.8 Å². The second-order valence-electron chi connectivity index (χ2n) is 2.71. The lowest BCUT2D eigenvalue weighted by Gasteiger charge is -2.03. The molecule has 15 heavy (non-hydrogen) atoms. The lowest BCUT2D eigenvalue weighted by atomic mass is 10.2. The molecule has 0 aliphatic rings. The number of ether oxygens (including phenoxy) is 1. The van der Waals surface area contributed by atoms with Crippen molar-refractivity contribution in [2.75, 3.05) is 13.0 Å². The summed E-state index contributed by atoms with van der Waals surface area (Å²) in [5.41, 5.74) is 0.274. The summed E-state index contributed by atoms with van der Waals surface area (Å²) in [6.45, 7) is 0. The first kappa shape index (κ1) is 11.8. The molecule has 0 amide bonds. The predicted octanol–water partition coefficient (Wildman–Crippen LogP) is 2.95. The topological polar surface area (TPSA) is 9.23 Å². The Morgan fingerprint density at radius 2 is 1.93 bits per heavy atom. The molecule has 80 valence electrons. The van der Waals surface area contributed by atoms with E-state index in [0.717, 1.165) is 12.1 Å². The standard InChI is InChI=1S/C11H9ClF2O/c1-15-11-9(13)6-8(7-10(11)14)4-2-3-5-12/h6-7H,3,5H2,1H3. The number of halogens is 3. The van der Waals surface area contributed by atoms with Gasteiger partial charge in [0.2, 0.25) is 0 Å². The van der Waals surface area contributed by atoms with Gasteiger partial charge in [0.1, 0.15) is 0 Å². The van der Waals surface area contributed by atoms with Crippen LogP contribution in [0.15, 0.2) is 12.1 Å². The Kier molecular flexibility index (Phi) is 4.38. The van der Waals surface area contributed by atoms with Gasteiger partial charge in [-0.2, -0.15) is 0 Å². The van der Waals surface area contributed by atoms with Crippen molar-refractivity contribution in [2.45, 2.75) is 6.42 Å². The lowest BCUT2D eigenvalue weighted by Crippen LogP contribution is -1.93. The molecule has 0 saturated carbocycles. The van der Waals surface area contributed by atoms with E-state index in [9.17, 15) is 8.78 Å². The molecular formula is C11H9ClF2O. The zero-order valence-corrected chi connectivity index (χ0v) is 8.87. The highest BCUT2D eigenvalue weighted by Gasteiger charge is 2.10. The molecule has 1 nitrogen and oxygen atoms in total. The molecule has 0 radical (unpaired) electrons. The van der Waals surface area contributed by atoms with E-state index in [4.69, 9.17) is 11.6 Å². The fourth-order valence-corrected chi connectivity index (χ4v) is 1.13. The molecule has 0 aliphatic heterocycles. The molecule has 0 aromatic heterocycles. The molecule has 0 bridgehead atoms. The van der Waals surface area contributed by atoms with Gasteiger partial charge < -0.3 is 4.74 Å². The van der Waals surface area contributed by atoms with E-state index in [1.807, 2.05) is 0 Å². The van der Waals surface area contributed by atoms with Crippen LogP contribution in [0.4, 0.5) is 8.78 Å². The van der Waals surface area contributed by atoms with Crippen LogP contribution in [-0.4, -0.2) is 13.0 Å². The van der Waals surface area contributed by atoms with Crippen LogP contribution >= 0.6 is 11.6 Å². The third kappa shape index (κ3) is 3.10. The van der Waals surface area contributed by atoms with E-state index in [0.29, 0.717) is 12.3 Å². The maximum atomic E-state index is 13.2. The molecule has 0 atom stereocenters. The lowest BCUT2D eigenvalue weighted by molar-refractivity contribution is 0.359. The summed E-state index contributed by atoms with van der Waals surface area (Å²) in [7, 11) is 1.21. The van der Waals surface area contributed by atoms with Crippen molar-refractivity contribution in [2.24, 2.45) is 0 Å². The summed E-state index contributed by atoms with van der Waals surface area (Å²) < 4.78 is 30.9. The largest absolute Gasteiger partial charge is 0.491 e. The first-order valence-electron chi connectivity index (χ1n) is 4.27. The molecule has 0 N–H and O–H groups in total. The van der Waals surface area contributed by atoms with Gasteiger partial charge >= 0.3 is 0 Å². The van der Waals surface area contributed by atoms with Gasteiger partial charge in [-0.3, -0.25) is 0 Å². The van der Waals surface area contributed by atoms with Crippen LogP contribution in [0.2, 0.25) is 0 Å². The molecule has 0 unspecified atom stereocenters. The van der Waals surface area contributed by atoms with Crippen molar-refractivity contribution in [1.82, 2.24) is 0 Å². The minimum Gasteiger partial charge on any atom is -0.491 e. The highest BCUT2D eigenvalue weighted by atomic mass is 35.5. The maximum absolute atomic E-state index is 13.2. The average Bonchev–Trinajstić information content (AvgIpc) is 2.18. The van der Waals surface area contributed by atoms with Gasteiger partial charge in [-0.05, 0) is 12.1 Å². The maximum Gasteiger partial charge on any atom is 0.190 e. The molecule has 0 heterocycles. The average molecular weight is 231 g/mol. The van der Waals surface area contributed by atoms with Crippen molar-refractivity contribution >= 4 is 11.6 Å². The number of rotatable bonds is 2. The first-order valence-corrected chi connectivity index (χ1v) is 4.80. The zero-order chi connectivity index (χ0) is 11.3. The van der Waals surface area contributed by atoms with Crippen molar-refractivity contribution in [3.05, 3.63) is 29.3 Å². The summed E-state index contributed by atoms with van der Waals surface area (Å²) >= 11 is 5.41. The molecule has 1 aromatic rings. The van der Waals surface area contributed by atoms with Crippen molar-refractivity contribution in [1.29, 1.82) is 0 Å². The highest BCUT2D eigenvalue weighted by molar-refractivity contribution is 6.18. The monoisotopic (exact) mass is 230 g/mol. The fraction of sp³-hybridized carbons (Fsp3) is 0.273. The summed E-state index contributed by atoms with van der Waals surface area (Å²) in [6.07, 6.45) is 0.483. The fourth-order valence-electron chi connectivity index (χ4n) is 1.04. The Bertz CT molecular complexity index is 384. The zero-order valence-electron chi connectivity index (χ0n) is 8.11. The Morgan fingerprint density at radius 1 is 1.33 bits per heavy atom. The van der Waals surface area contributed by atoms with Crippen LogP contribution in [0.25, 0.3) is 0 Å². The highest BCUT2D eigenvalue weighted by Crippen LogP contribution is 2.22. The summed E-state index contributed by atoms with van der Waals surface area (Å²) in [6, 6.07) is 2.26. The second kappa shape index (κ2) is 5.57. The first-order chi connectivity index (χ1) is 7.19. The molecule has 1 aromatic carbocycles. The molecule has 0 aliphatic carbocycles. The van der Waals surface area contributed by atoms with Crippen LogP contribution in [0, 0.1) is 23.5 Å². The minimum absolute atomic E-state index is 0.274. The smallest absolute Gasteiger partial charge is 0.190 e. The van der Waals surface area contributed by atoms with Gasteiger partial charge in [0.05, 0.1) is 7.11 Å². The molecule has 0 spiro atoms. The predicted molar refractivity (Wildman–Crippen MR) is 55.1 cm³/mol. The van der Waals surface area contributed by atoms with E-state index in [1.165, 1.54) is 7.11 Å². The van der Waals surface area contributed by atoms with Crippen molar-refractivity contribution in [3.63, 3.8) is 0 Å². The molecular weight excluding hydrogens is 222 g/mol. The SMILES string of the molecule is COc1c(F)cc(C#CCCCl)cc1F. The van der Waals surface area contributed by atoms with E-state index in [2.05, 4.69) is 16.6 Å². The number of hydrogen-bond acceptors (Lipinski definition) is 1. The Morgan fingerprint density at radius 3 is 2.40 bits per heavy atom. The van der Waals surface area contributed by atoms with Crippen LogP contribution in [0.3, 0.4) is 0 Å². The van der Waals surface area contributed by atoms with E-state index in [-0.39, 0.29) is 5.56 Å². The van der Waals surface area contributed by atoms with Gasteiger partial charge in [0, 0.05) is 17.9 Å². The van der Waals surface area contributed by atoms with E-state index < -0.39 is 17.4 Å². The summed E-state index contributed by atoms with van der Waals surface area (Å²) in [5.74, 6) is 3.79. The normalized spacial score (nSPS) is 9.33. The third-order valence-corrected chi connectivity index (χ3v) is 1.84. The van der Waals surface area contributed by atoms with Gasteiger partial charge in [-0.25, -0.2) is 8.78 Å². The Labute approximate surface area is 92.0 Å². The van der Waals surface area contributed by atoms with Crippen LogP contribution in [0.5, 0.6) is 5.75 Å². The van der Waals surface area contributed by atoms with E-state index in [1.54, 1.807) is 0 Å². The molecule has 0 fully saturated rings. The minimum atomic E-state index is -0.757. The van der Waals surface area contributed by atoms with E-state index >= 15 is 0 Å². The Hall–Kier alpha value is -1.27. The van der Waals surface area contributed by atoms with Gasteiger partial charge in [-0.15, -0.1) is 11.6 Å². The Balaban J connectivity index is 3.00.